The van der Waals surface area contributed by atoms with Gasteiger partial charge >= 0.3 is 0 Å². The van der Waals surface area contributed by atoms with Gasteiger partial charge in [-0.25, -0.2) is 0 Å². The van der Waals surface area contributed by atoms with Gasteiger partial charge < -0.3 is 10.2 Å². The van der Waals surface area contributed by atoms with Gasteiger partial charge in [-0.3, -0.25) is 9.78 Å². The predicted octanol–water partition coefficient (Wildman–Crippen LogP) is 1.82. The number of nitrogens with one attached hydrogen (secondary N) is 1. The van der Waals surface area contributed by atoms with Crippen LogP contribution in [0.1, 0.15) is 26.7 Å². The van der Waals surface area contributed by atoms with E-state index in [1.54, 1.807) is 12.4 Å². The van der Waals surface area contributed by atoms with Crippen molar-refractivity contribution in [2.24, 2.45) is 5.41 Å². The fraction of sp³-hybridized carbons (Fsp3) is 0.571. The first-order valence-electron chi connectivity index (χ1n) is 6.42. The first-order chi connectivity index (χ1) is 8.53. The number of nitrogens with zero attached hydrogens (tertiary/aromatic N) is 2. The van der Waals surface area contributed by atoms with Gasteiger partial charge in [-0.15, -0.1) is 0 Å². The zero-order chi connectivity index (χ0) is 13.2. The molecule has 1 saturated heterocycles. The molecule has 1 aromatic heterocycles. The molecule has 1 unspecified atom stereocenters. The van der Waals surface area contributed by atoms with Crippen LogP contribution in [-0.2, 0) is 4.79 Å². The van der Waals surface area contributed by atoms with Gasteiger partial charge in [0.15, 0.2) is 0 Å². The molecule has 0 bridgehead atoms. The van der Waals surface area contributed by atoms with Gasteiger partial charge in [0.05, 0.1) is 6.04 Å². The van der Waals surface area contributed by atoms with Crippen molar-refractivity contribution in [3.05, 3.63) is 24.5 Å². The average Bonchev–Trinajstić information content (AvgIpc) is 2.47. The number of rotatable bonds is 2. The topological polar surface area (TPSA) is 45.2 Å². The monoisotopic (exact) mass is 247 g/mol. The van der Waals surface area contributed by atoms with Crippen molar-refractivity contribution in [2.45, 2.75) is 32.7 Å². The molecule has 2 heterocycles. The molecule has 0 aromatic carbocycles. The smallest absolute Gasteiger partial charge is 0.244 e. The molecular weight excluding hydrogens is 226 g/mol. The molecule has 0 radical (unpaired) electrons. The Balaban J connectivity index is 2.28. The van der Waals surface area contributed by atoms with E-state index in [2.05, 4.69) is 24.1 Å². The summed E-state index contributed by atoms with van der Waals surface area (Å²) in [6.45, 7) is 5.22. The molecule has 1 aromatic rings. The minimum absolute atomic E-state index is 0.101. The molecule has 1 aliphatic heterocycles. The van der Waals surface area contributed by atoms with Crippen molar-refractivity contribution in [3.63, 3.8) is 0 Å². The number of pyridine rings is 1. The van der Waals surface area contributed by atoms with Crippen LogP contribution in [0, 0.1) is 5.41 Å². The Labute approximate surface area is 108 Å². The predicted molar refractivity (Wildman–Crippen MR) is 72.5 cm³/mol. The first kappa shape index (κ1) is 13.0. The maximum Gasteiger partial charge on any atom is 0.244 e. The van der Waals surface area contributed by atoms with Crippen LogP contribution >= 0.6 is 0 Å². The summed E-state index contributed by atoms with van der Waals surface area (Å²) < 4.78 is 0. The molecule has 4 nitrogen and oxygen atoms in total. The Bertz CT molecular complexity index is 416. The molecule has 0 aliphatic carbocycles. The number of carbonyl (C=O) groups is 1. The van der Waals surface area contributed by atoms with E-state index in [0.717, 1.165) is 25.1 Å². The fourth-order valence-electron chi connectivity index (χ4n) is 2.46. The lowest BCUT2D eigenvalue weighted by atomic mass is 9.83. The van der Waals surface area contributed by atoms with Crippen molar-refractivity contribution in [1.82, 2.24) is 10.3 Å². The van der Waals surface area contributed by atoms with E-state index in [-0.39, 0.29) is 17.4 Å². The summed E-state index contributed by atoms with van der Waals surface area (Å²) in [7, 11) is 1.86. The molecule has 1 atom stereocenters. The van der Waals surface area contributed by atoms with E-state index < -0.39 is 0 Å². The molecule has 1 amide bonds. The normalized spacial score (nSPS) is 23.8. The Morgan fingerprint density at radius 2 is 2.06 bits per heavy atom. The highest BCUT2D eigenvalue weighted by molar-refractivity contribution is 5.97. The summed E-state index contributed by atoms with van der Waals surface area (Å²) in [5, 5.41) is 3.14. The molecule has 1 fully saturated rings. The molecule has 0 spiro atoms. The summed E-state index contributed by atoms with van der Waals surface area (Å²) in [6.07, 6.45) is 5.35. The zero-order valence-corrected chi connectivity index (χ0v) is 11.3. The van der Waals surface area contributed by atoms with Crippen LogP contribution in [0.5, 0.6) is 0 Å². The lowest BCUT2D eigenvalue weighted by molar-refractivity contribution is -0.120. The lowest BCUT2D eigenvalue weighted by Gasteiger charge is -2.24. The third kappa shape index (κ3) is 2.70. The highest BCUT2D eigenvalue weighted by Gasteiger charge is 2.34. The van der Waals surface area contributed by atoms with Crippen molar-refractivity contribution in [2.75, 3.05) is 18.5 Å². The first-order valence-corrected chi connectivity index (χ1v) is 6.42. The molecule has 0 saturated carbocycles. The van der Waals surface area contributed by atoms with Crippen molar-refractivity contribution in [1.29, 1.82) is 0 Å². The third-order valence-electron chi connectivity index (χ3n) is 3.66. The van der Waals surface area contributed by atoms with Gasteiger partial charge in [0.25, 0.3) is 0 Å². The second kappa shape index (κ2) is 5.06. The number of likely N-dealkylation sites (N-methyl/N-ethyl adjacent to an activating group) is 1. The number of hydrogen-bond donors (Lipinski definition) is 1. The Hall–Kier alpha value is -1.42. The molecular formula is C14H21N3O. The molecule has 98 valence electrons. The van der Waals surface area contributed by atoms with Crippen LogP contribution < -0.4 is 10.2 Å². The summed E-state index contributed by atoms with van der Waals surface area (Å²) in [5.74, 6) is 0.161. The Morgan fingerprint density at radius 1 is 1.39 bits per heavy atom. The SMILES string of the molecule is CNC1CC(C)(C)CCN(c2ccncc2)C1=O. The van der Waals surface area contributed by atoms with Crippen LogP contribution in [-0.4, -0.2) is 30.5 Å². The fourth-order valence-corrected chi connectivity index (χ4v) is 2.46. The van der Waals surface area contributed by atoms with E-state index in [0.29, 0.717) is 0 Å². The highest BCUT2D eigenvalue weighted by Crippen LogP contribution is 2.32. The van der Waals surface area contributed by atoms with Gasteiger partial charge in [-0.1, -0.05) is 13.8 Å². The number of hydrogen-bond acceptors (Lipinski definition) is 3. The summed E-state index contributed by atoms with van der Waals surface area (Å²) in [4.78, 5) is 18.4. The molecule has 1 N–H and O–H groups in total. The molecule has 18 heavy (non-hydrogen) atoms. The Morgan fingerprint density at radius 3 is 2.67 bits per heavy atom. The van der Waals surface area contributed by atoms with Gasteiger partial charge in [0.1, 0.15) is 0 Å². The van der Waals surface area contributed by atoms with Crippen LogP contribution in [0.4, 0.5) is 5.69 Å². The minimum Gasteiger partial charge on any atom is -0.311 e. The maximum atomic E-state index is 12.5. The standard InChI is InChI=1S/C14H21N3O/c1-14(2)6-9-17(11-4-7-16-8-5-11)13(18)12(10-14)15-3/h4-5,7-8,12,15H,6,9-10H2,1-3H3. The largest absolute Gasteiger partial charge is 0.311 e. The van der Waals surface area contributed by atoms with Crippen LogP contribution in [0.15, 0.2) is 24.5 Å². The van der Waals surface area contributed by atoms with Crippen LogP contribution in [0.25, 0.3) is 0 Å². The summed E-state index contributed by atoms with van der Waals surface area (Å²) in [6, 6.07) is 3.68. The quantitative estimate of drug-likeness (QED) is 0.867. The second-order valence-electron chi connectivity index (χ2n) is 5.65. The number of aromatic nitrogens is 1. The molecule has 4 heteroatoms. The maximum absolute atomic E-state index is 12.5. The zero-order valence-electron chi connectivity index (χ0n) is 11.3. The lowest BCUT2D eigenvalue weighted by Crippen LogP contribution is -2.44. The summed E-state index contributed by atoms with van der Waals surface area (Å²) in [5.41, 5.74) is 1.12. The number of anilines is 1. The van der Waals surface area contributed by atoms with E-state index in [1.807, 2.05) is 24.1 Å². The van der Waals surface area contributed by atoms with E-state index in [4.69, 9.17) is 0 Å². The van der Waals surface area contributed by atoms with Gasteiger partial charge in [-0.05, 0) is 37.4 Å². The molecule has 1 aliphatic rings. The Kier molecular flexibility index (Phi) is 3.66. The number of carbonyl (C=O) groups excluding carboxylic acids is 1. The summed E-state index contributed by atoms with van der Waals surface area (Å²) >= 11 is 0. The highest BCUT2D eigenvalue weighted by atomic mass is 16.2. The van der Waals surface area contributed by atoms with Crippen molar-refractivity contribution >= 4 is 11.6 Å². The van der Waals surface area contributed by atoms with Gasteiger partial charge in [0.2, 0.25) is 5.91 Å². The van der Waals surface area contributed by atoms with E-state index in [9.17, 15) is 4.79 Å². The van der Waals surface area contributed by atoms with Crippen LogP contribution in [0.2, 0.25) is 0 Å². The minimum atomic E-state index is -0.101. The van der Waals surface area contributed by atoms with Crippen molar-refractivity contribution in [3.8, 4) is 0 Å². The third-order valence-corrected chi connectivity index (χ3v) is 3.66. The molecule has 2 rings (SSSR count). The van der Waals surface area contributed by atoms with E-state index >= 15 is 0 Å². The second-order valence-corrected chi connectivity index (χ2v) is 5.65. The van der Waals surface area contributed by atoms with Gasteiger partial charge in [0, 0.05) is 24.6 Å². The van der Waals surface area contributed by atoms with Crippen molar-refractivity contribution < 1.29 is 4.79 Å². The number of amides is 1. The van der Waals surface area contributed by atoms with Crippen LogP contribution in [0.3, 0.4) is 0 Å². The van der Waals surface area contributed by atoms with E-state index in [1.165, 1.54) is 0 Å². The average molecular weight is 247 g/mol. The van der Waals surface area contributed by atoms with Gasteiger partial charge in [-0.2, -0.15) is 0 Å².